The van der Waals surface area contributed by atoms with Crippen LogP contribution in [0.15, 0.2) is 40.9 Å². The topological polar surface area (TPSA) is 42.2 Å². The minimum absolute atomic E-state index is 0.232. The van der Waals surface area contributed by atoms with Crippen LogP contribution in [0.4, 0.5) is 4.39 Å². The van der Waals surface area contributed by atoms with Crippen LogP contribution in [0.2, 0.25) is 5.02 Å². The predicted octanol–water partition coefficient (Wildman–Crippen LogP) is 5.21. The van der Waals surface area contributed by atoms with Gasteiger partial charge in [0.2, 0.25) is 0 Å². The molecule has 1 aliphatic rings. The van der Waals surface area contributed by atoms with Crippen molar-refractivity contribution in [1.82, 2.24) is 15.0 Å². The average molecular weight is 400 g/mol. The Morgan fingerprint density at radius 1 is 1.25 bits per heavy atom. The fourth-order valence-electron chi connectivity index (χ4n) is 3.99. The molecule has 0 unspecified atom stereocenters. The lowest BCUT2D eigenvalue weighted by Gasteiger charge is -2.16. The van der Waals surface area contributed by atoms with Gasteiger partial charge in [0.25, 0.3) is 0 Å². The van der Waals surface area contributed by atoms with E-state index in [1.165, 1.54) is 6.07 Å². The van der Waals surface area contributed by atoms with E-state index in [1.807, 2.05) is 26.0 Å². The molecule has 2 aromatic heterocycles. The Kier molecular flexibility index (Phi) is 5.47. The van der Waals surface area contributed by atoms with E-state index in [1.54, 1.807) is 12.1 Å². The van der Waals surface area contributed by atoms with Crippen molar-refractivity contribution in [2.45, 2.75) is 33.2 Å². The number of rotatable bonds is 5. The molecule has 3 heterocycles. The molecule has 0 saturated carbocycles. The number of hydrogen-bond donors (Lipinski definition) is 0. The first kappa shape index (κ1) is 19.1. The number of hydrogen-bond acceptors (Lipinski definition) is 4. The van der Waals surface area contributed by atoms with Crippen molar-refractivity contribution in [3.8, 4) is 11.3 Å². The Balaban J connectivity index is 1.41. The largest absolute Gasteiger partial charge is 0.361 e. The molecule has 1 aromatic carbocycles. The SMILES string of the molecule is Cc1noc(C)c1-c1cccc(C[C@H]2CCN(Cc3ccc(Cl)cc3F)C2)n1. The number of nitrogens with zero attached hydrogens (tertiary/aromatic N) is 3. The summed E-state index contributed by atoms with van der Waals surface area (Å²) in [4.78, 5) is 7.14. The molecule has 1 fully saturated rings. The molecular weight excluding hydrogens is 377 g/mol. The van der Waals surface area contributed by atoms with Crippen molar-refractivity contribution in [3.05, 3.63) is 69.9 Å². The van der Waals surface area contributed by atoms with E-state index in [0.29, 0.717) is 23.0 Å². The zero-order chi connectivity index (χ0) is 19.7. The summed E-state index contributed by atoms with van der Waals surface area (Å²) in [7, 11) is 0. The molecule has 3 aromatic rings. The van der Waals surface area contributed by atoms with Crippen LogP contribution in [-0.2, 0) is 13.0 Å². The van der Waals surface area contributed by atoms with E-state index >= 15 is 0 Å². The van der Waals surface area contributed by atoms with E-state index < -0.39 is 0 Å². The van der Waals surface area contributed by atoms with Gasteiger partial charge in [-0.2, -0.15) is 0 Å². The molecule has 0 spiro atoms. The van der Waals surface area contributed by atoms with E-state index in [2.05, 4.69) is 16.1 Å². The maximum absolute atomic E-state index is 14.1. The number of halogens is 2. The minimum Gasteiger partial charge on any atom is -0.361 e. The quantitative estimate of drug-likeness (QED) is 0.590. The average Bonchev–Trinajstić information content (AvgIpc) is 3.23. The van der Waals surface area contributed by atoms with Crippen LogP contribution in [0.1, 0.15) is 29.1 Å². The molecule has 4 rings (SSSR count). The number of likely N-dealkylation sites (tertiary alicyclic amines) is 1. The van der Waals surface area contributed by atoms with E-state index in [4.69, 9.17) is 21.1 Å². The van der Waals surface area contributed by atoms with Crippen LogP contribution >= 0.6 is 11.6 Å². The summed E-state index contributed by atoms with van der Waals surface area (Å²) < 4.78 is 19.3. The number of pyridine rings is 1. The van der Waals surface area contributed by atoms with Gasteiger partial charge in [0, 0.05) is 29.4 Å². The van der Waals surface area contributed by atoms with Gasteiger partial charge in [0.1, 0.15) is 11.6 Å². The highest BCUT2D eigenvalue weighted by molar-refractivity contribution is 6.30. The molecule has 28 heavy (non-hydrogen) atoms. The van der Waals surface area contributed by atoms with Gasteiger partial charge in [0.15, 0.2) is 0 Å². The zero-order valence-corrected chi connectivity index (χ0v) is 16.8. The van der Waals surface area contributed by atoms with Gasteiger partial charge in [-0.3, -0.25) is 9.88 Å². The lowest BCUT2D eigenvalue weighted by molar-refractivity contribution is 0.311. The maximum atomic E-state index is 14.1. The second-order valence-electron chi connectivity index (χ2n) is 7.54. The van der Waals surface area contributed by atoms with Crippen molar-refractivity contribution in [1.29, 1.82) is 0 Å². The van der Waals surface area contributed by atoms with Crippen LogP contribution < -0.4 is 0 Å². The molecule has 0 aliphatic carbocycles. The van der Waals surface area contributed by atoms with Crippen molar-refractivity contribution in [3.63, 3.8) is 0 Å². The fourth-order valence-corrected chi connectivity index (χ4v) is 4.15. The highest BCUT2D eigenvalue weighted by Gasteiger charge is 2.24. The third kappa shape index (κ3) is 4.10. The van der Waals surface area contributed by atoms with Crippen molar-refractivity contribution >= 4 is 11.6 Å². The van der Waals surface area contributed by atoms with E-state index in [-0.39, 0.29) is 5.82 Å². The van der Waals surface area contributed by atoms with Crippen molar-refractivity contribution in [2.24, 2.45) is 5.92 Å². The highest BCUT2D eigenvalue weighted by Crippen LogP contribution is 2.27. The molecule has 1 atom stereocenters. The highest BCUT2D eigenvalue weighted by atomic mass is 35.5. The number of aromatic nitrogens is 2. The standard InChI is InChI=1S/C22H23ClFN3O/c1-14-22(15(2)28-26-14)21-5-3-4-19(25-21)10-16-8-9-27(12-16)13-17-6-7-18(23)11-20(17)24/h3-7,11,16H,8-10,12-13H2,1-2H3/t16-/m1/s1. The third-order valence-electron chi connectivity index (χ3n) is 5.37. The Morgan fingerprint density at radius 3 is 2.86 bits per heavy atom. The van der Waals surface area contributed by atoms with Crippen LogP contribution in [0.25, 0.3) is 11.3 Å². The Bertz CT molecular complexity index is 968. The summed E-state index contributed by atoms with van der Waals surface area (Å²) in [5.41, 5.74) is 4.52. The monoisotopic (exact) mass is 399 g/mol. The number of benzene rings is 1. The molecule has 1 aliphatic heterocycles. The van der Waals surface area contributed by atoms with E-state index in [9.17, 15) is 4.39 Å². The van der Waals surface area contributed by atoms with Gasteiger partial charge in [0.05, 0.1) is 17.0 Å². The predicted molar refractivity (Wildman–Crippen MR) is 108 cm³/mol. The van der Waals surface area contributed by atoms with E-state index in [0.717, 1.165) is 54.3 Å². The Morgan fingerprint density at radius 2 is 2.11 bits per heavy atom. The molecule has 0 radical (unpaired) electrons. The van der Waals surface area contributed by atoms with Gasteiger partial charge >= 0.3 is 0 Å². The van der Waals surface area contributed by atoms with Gasteiger partial charge in [-0.15, -0.1) is 0 Å². The Hall–Kier alpha value is -2.24. The third-order valence-corrected chi connectivity index (χ3v) is 5.61. The molecule has 146 valence electrons. The molecule has 4 nitrogen and oxygen atoms in total. The molecule has 0 N–H and O–H groups in total. The second kappa shape index (κ2) is 8.02. The summed E-state index contributed by atoms with van der Waals surface area (Å²) in [5, 5.41) is 4.46. The van der Waals surface area contributed by atoms with Gasteiger partial charge in [-0.25, -0.2) is 4.39 Å². The van der Waals surface area contributed by atoms with Gasteiger partial charge in [-0.1, -0.05) is 28.9 Å². The number of aryl methyl sites for hydroxylation is 2. The van der Waals surface area contributed by atoms with Crippen LogP contribution in [0.5, 0.6) is 0 Å². The van der Waals surface area contributed by atoms with Crippen LogP contribution in [0.3, 0.4) is 0 Å². The molecular formula is C22H23ClFN3O. The van der Waals surface area contributed by atoms with Crippen LogP contribution in [-0.4, -0.2) is 28.1 Å². The first-order valence-electron chi connectivity index (χ1n) is 9.55. The molecule has 0 amide bonds. The minimum atomic E-state index is -0.232. The van der Waals surface area contributed by atoms with Crippen molar-refractivity contribution in [2.75, 3.05) is 13.1 Å². The Labute approximate surface area is 169 Å². The fraction of sp³-hybridized carbons (Fsp3) is 0.364. The van der Waals surface area contributed by atoms with Crippen LogP contribution in [0, 0.1) is 25.6 Å². The van der Waals surface area contributed by atoms with Gasteiger partial charge < -0.3 is 4.52 Å². The maximum Gasteiger partial charge on any atom is 0.143 e. The first-order chi connectivity index (χ1) is 13.5. The lowest BCUT2D eigenvalue weighted by atomic mass is 10.0. The lowest BCUT2D eigenvalue weighted by Crippen LogP contribution is -2.21. The van der Waals surface area contributed by atoms with Gasteiger partial charge in [-0.05, 0) is 63.4 Å². The summed E-state index contributed by atoms with van der Waals surface area (Å²) in [5.74, 6) is 1.08. The second-order valence-corrected chi connectivity index (χ2v) is 7.98. The smallest absolute Gasteiger partial charge is 0.143 e. The summed E-state index contributed by atoms with van der Waals surface area (Å²) >= 11 is 5.85. The molecule has 6 heteroatoms. The zero-order valence-electron chi connectivity index (χ0n) is 16.1. The summed E-state index contributed by atoms with van der Waals surface area (Å²) in [6, 6.07) is 11.0. The van der Waals surface area contributed by atoms with Crippen molar-refractivity contribution < 1.29 is 8.91 Å². The summed E-state index contributed by atoms with van der Waals surface area (Å²) in [6.45, 7) is 6.38. The molecule has 0 bridgehead atoms. The normalized spacial score (nSPS) is 17.4. The first-order valence-corrected chi connectivity index (χ1v) is 9.93. The summed E-state index contributed by atoms with van der Waals surface area (Å²) in [6.07, 6.45) is 2.00. The molecule has 1 saturated heterocycles.